The third kappa shape index (κ3) is 3.88. The molecule has 0 bridgehead atoms. The lowest BCUT2D eigenvalue weighted by Crippen LogP contribution is -2.50. The van der Waals surface area contributed by atoms with E-state index in [1.165, 1.54) is 31.3 Å². The van der Waals surface area contributed by atoms with Crippen LogP contribution >= 0.6 is 0 Å². The predicted molar refractivity (Wildman–Crippen MR) is 92.2 cm³/mol. The number of hydrogen-bond donors (Lipinski definition) is 2. The SMILES string of the molecule is CNC(=O)[C@@H]1CN(CC(=O)Nc2ccc(F)cc2)c2ccccc2O1. The van der Waals surface area contributed by atoms with Crippen LogP contribution in [0.25, 0.3) is 0 Å². The highest BCUT2D eigenvalue weighted by atomic mass is 19.1. The molecule has 1 aliphatic heterocycles. The van der Waals surface area contributed by atoms with Gasteiger partial charge in [-0.2, -0.15) is 0 Å². The van der Waals surface area contributed by atoms with Crippen molar-refractivity contribution in [1.29, 1.82) is 0 Å². The van der Waals surface area contributed by atoms with E-state index in [1.54, 1.807) is 11.0 Å². The summed E-state index contributed by atoms with van der Waals surface area (Å²) in [5.74, 6) is -0.331. The Kier molecular flexibility index (Phi) is 4.83. The molecule has 7 heteroatoms. The van der Waals surface area contributed by atoms with Gasteiger partial charge < -0.3 is 20.3 Å². The van der Waals surface area contributed by atoms with Crippen LogP contribution in [0.1, 0.15) is 0 Å². The quantitative estimate of drug-likeness (QED) is 0.888. The van der Waals surface area contributed by atoms with Gasteiger partial charge in [-0.1, -0.05) is 12.1 Å². The van der Waals surface area contributed by atoms with Gasteiger partial charge in [0.15, 0.2) is 6.10 Å². The van der Waals surface area contributed by atoms with Gasteiger partial charge in [0.2, 0.25) is 5.91 Å². The minimum absolute atomic E-state index is 0.0469. The molecule has 0 fully saturated rings. The second-order valence-corrected chi connectivity index (χ2v) is 5.62. The summed E-state index contributed by atoms with van der Waals surface area (Å²) in [5.41, 5.74) is 1.26. The topological polar surface area (TPSA) is 70.7 Å². The number of benzene rings is 2. The molecule has 0 saturated carbocycles. The Morgan fingerprint density at radius 1 is 1.20 bits per heavy atom. The Labute approximate surface area is 144 Å². The normalized spacial score (nSPS) is 15.8. The van der Waals surface area contributed by atoms with E-state index in [2.05, 4.69) is 10.6 Å². The van der Waals surface area contributed by atoms with Crippen molar-refractivity contribution in [2.45, 2.75) is 6.10 Å². The lowest BCUT2D eigenvalue weighted by atomic mass is 10.1. The summed E-state index contributed by atoms with van der Waals surface area (Å²) in [6, 6.07) is 12.8. The molecular weight excluding hydrogens is 325 g/mol. The van der Waals surface area contributed by atoms with E-state index in [9.17, 15) is 14.0 Å². The zero-order chi connectivity index (χ0) is 17.8. The molecule has 2 N–H and O–H groups in total. The molecule has 2 aromatic carbocycles. The number of carbonyl (C=O) groups is 2. The predicted octanol–water partition coefficient (Wildman–Crippen LogP) is 1.78. The zero-order valence-corrected chi connectivity index (χ0v) is 13.7. The first-order chi connectivity index (χ1) is 12.1. The second-order valence-electron chi connectivity index (χ2n) is 5.62. The fourth-order valence-corrected chi connectivity index (χ4v) is 2.66. The number of anilines is 2. The van der Waals surface area contributed by atoms with Crippen LogP contribution in [0.4, 0.5) is 15.8 Å². The lowest BCUT2D eigenvalue weighted by Gasteiger charge is -2.34. The minimum atomic E-state index is -0.696. The molecule has 1 atom stereocenters. The first kappa shape index (κ1) is 16.8. The molecule has 0 radical (unpaired) electrons. The standard InChI is InChI=1S/C18H18FN3O3/c1-20-18(24)16-10-22(14-4-2-3-5-15(14)25-16)11-17(23)21-13-8-6-12(19)7-9-13/h2-9,16H,10-11H2,1H3,(H,20,24)(H,21,23)/t16-/m0/s1. The Balaban J connectivity index is 1.74. The van der Waals surface area contributed by atoms with Gasteiger partial charge in [0, 0.05) is 12.7 Å². The third-order valence-electron chi connectivity index (χ3n) is 3.86. The molecule has 0 spiro atoms. The maximum atomic E-state index is 12.9. The molecule has 0 aromatic heterocycles. The molecule has 0 unspecified atom stereocenters. The number of nitrogens with one attached hydrogen (secondary N) is 2. The summed E-state index contributed by atoms with van der Waals surface area (Å²) >= 11 is 0. The van der Waals surface area contributed by atoms with Gasteiger partial charge in [0.1, 0.15) is 11.6 Å². The van der Waals surface area contributed by atoms with Crippen LogP contribution in [0.3, 0.4) is 0 Å². The second kappa shape index (κ2) is 7.21. The Hall–Kier alpha value is -3.09. The number of halogens is 1. The van der Waals surface area contributed by atoms with Gasteiger partial charge >= 0.3 is 0 Å². The number of rotatable bonds is 4. The van der Waals surface area contributed by atoms with E-state index >= 15 is 0 Å². The fourth-order valence-electron chi connectivity index (χ4n) is 2.66. The molecule has 0 saturated heterocycles. The maximum Gasteiger partial charge on any atom is 0.262 e. The zero-order valence-electron chi connectivity index (χ0n) is 13.7. The van der Waals surface area contributed by atoms with Crippen molar-refractivity contribution in [1.82, 2.24) is 5.32 Å². The Morgan fingerprint density at radius 3 is 2.64 bits per heavy atom. The molecular formula is C18H18FN3O3. The van der Waals surface area contributed by atoms with Crippen molar-refractivity contribution in [3.05, 3.63) is 54.3 Å². The van der Waals surface area contributed by atoms with E-state index in [4.69, 9.17) is 4.74 Å². The molecule has 1 aliphatic rings. The Bertz CT molecular complexity index is 779. The molecule has 25 heavy (non-hydrogen) atoms. The third-order valence-corrected chi connectivity index (χ3v) is 3.86. The number of carbonyl (C=O) groups excluding carboxylic acids is 2. The number of hydrogen-bond acceptors (Lipinski definition) is 4. The molecule has 2 amide bonds. The molecule has 130 valence electrons. The van der Waals surface area contributed by atoms with Gasteiger partial charge in [-0.25, -0.2) is 4.39 Å². The molecule has 0 aliphatic carbocycles. The fraction of sp³-hybridized carbons (Fsp3) is 0.222. The Morgan fingerprint density at radius 2 is 1.92 bits per heavy atom. The highest BCUT2D eigenvalue weighted by Crippen LogP contribution is 2.32. The van der Waals surface area contributed by atoms with E-state index in [0.29, 0.717) is 11.4 Å². The average Bonchev–Trinajstić information content (AvgIpc) is 2.62. The van der Waals surface area contributed by atoms with Gasteiger partial charge in [-0.15, -0.1) is 0 Å². The smallest absolute Gasteiger partial charge is 0.262 e. The van der Waals surface area contributed by atoms with Gasteiger partial charge in [0.25, 0.3) is 5.91 Å². The van der Waals surface area contributed by atoms with Crippen LogP contribution in [0, 0.1) is 5.82 Å². The number of para-hydroxylation sites is 2. The van der Waals surface area contributed by atoms with Crippen LogP contribution in [0.15, 0.2) is 48.5 Å². The first-order valence-electron chi connectivity index (χ1n) is 7.84. The summed E-state index contributed by atoms with van der Waals surface area (Å²) in [4.78, 5) is 26.1. The highest BCUT2D eigenvalue weighted by Gasteiger charge is 2.30. The van der Waals surface area contributed by atoms with Gasteiger partial charge in [0.05, 0.1) is 18.8 Å². The summed E-state index contributed by atoms with van der Waals surface area (Å²) in [6.07, 6.45) is -0.696. The molecule has 1 heterocycles. The van der Waals surface area contributed by atoms with E-state index in [-0.39, 0.29) is 30.7 Å². The number of likely N-dealkylation sites (N-methyl/N-ethyl adjacent to an activating group) is 1. The summed E-state index contributed by atoms with van der Waals surface area (Å²) in [5, 5.41) is 5.27. The monoisotopic (exact) mass is 343 g/mol. The van der Waals surface area contributed by atoms with E-state index < -0.39 is 6.10 Å². The van der Waals surface area contributed by atoms with E-state index in [1.807, 2.05) is 18.2 Å². The maximum absolute atomic E-state index is 12.9. The largest absolute Gasteiger partial charge is 0.477 e. The molecule has 3 rings (SSSR count). The number of nitrogens with zero attached hydrogens (tertiary/aromatic N) is 1. The van der Waals surface area contributed by atoms with Crippen molar-refractivity contribution in [2.75, 3.05) is 30.4 Å². The average molecular weight is 343 g/mol. The molecule has 2 aromatic rings. The van der Waals surface area contributed by atoms with E-state index in [0.717, 1.165) is 5.69 Å². The van der Waals surface area contributed by atoms with Crippen molar-refractivity contribution in [2.24, 2.45) is 0 Å². The number of ether oxygens (including phenoxy) is 1. The highest BCUT2D eigenvalue weighted by molar-refractivity contribution is 5.94. The number of amides is 2. The van der Waals surface area contributed by atoms with Crippen LogP contribution < -0.4 is 20.3 Å². The lowest BCUT2D eigenvalue weighted by molar-refractivity contribution is -0.127. The minimum Gasteiger partial charge on any atom is -0.477 e. The van der Waals surface area contributed by atoms with Crippen LogP contribution in [0.5, 0.6) is 5.75 Å². The van der Waals surface area contributed by atoms with Gasteiger partial charge in [-0.05, 0) is 36.4 Å². The van der Waals surface area contributed by atoms with Crippen LogP contribution in [-0.4, -0.2) is 38.1 Å². The van der Waals surface area contributed by atoms with Crippen LogP contribution in [0.2, 0.25) is 0 Å². The van der Waals surface area contributed by atoms with Crippen molar-refractivity contribution in [3.63, 3.8) is 0 Å². The van der Waals surface area contributed by atoms with Gasteiger partial charge in [-0.3, -0.25) is 9.59 Å². The summed E-state index contributed by atoms with van der Waals surface area (Å²) < 4.78 is 18.6. The number of fused-ring (bicyclic) bond motifs is 1. The van der Waals surface area contributed by atoms with Crippen molar-refractivity contribution < 1.29 is 18.7 Å². The van der Waals surface area contributed by atoms with Crippen molar-refractivity contribution >= 4 is 23.2 Å². The van der Waals surface area contributed by atoms with Crippen molar-refractivity contribution in [3.8, 4) is 5.75 Å². The van der Waals surface area contributed by atoms with Crippen LogP contribution in [-0.2, 0) is 9.59 Å². The molecule has 6 nitrogen and oxygen atoms in total. The summed E-state index contributed by atoms with van der Waals surface area (Å²) in [7, 11) is 1.54. The summed E-state index contributed by atoms with van der Waals surface area (Å²) in [6.45, 7) is 0.304. The first-order valence-corrected chi connectivity index (χ1v) is 7.84.